The van der Waals surface area contributed by atoms with Crippen LogP contribution in [0.15, 0.2) is 24.3 Å². The van der Waals surface area contributed by atoms with E-state index in [4.69, 9.17) is 0 Å². The maximum Gasteiger partial charge on any atom is 0.0366 e. The zero-order valence-electron chi connectivity index (χ0n) is 13.3. The van der Waals surface area contributed by atoms with Crippen molar-refractivity contribution in [2.45, 2.75) is 59.5 Å². The Morgan fingerprint density at radius 3 is 1.89 bits per heavy atom. The fourth-order valence-electron chi connectivity index (χ4n) is 2.23. The second-order valence-corrected chi connectivity index (χ2v) is 5.46. The highest BCUT2D eigenvalue weighted by atomic mass is 15.1. The van der Waals surface area contributed by atoms with E-state index < -0.39 is 0 Å². The van der Waals surface area contributed by atoms with E-state index in [0.29, 0.717) is 0 Å². The van der Waals surface area contributed by atoms with Crippen molar-refractivity contribution in [3.8, 4) is 0 Å². The van der Waals surface area contributed by atoms with Crippen LogP contribution in [0.2, 0.25) is 0 Å². The third-order valence-electron chi connectivity index (χ3n) is 4.34. The lowest BCUT2D eigenvalue weighted by Crippen LogP contribution is -2.40. The molecule has 0 spiro atoms. The van der Waals surface area contributed by atoms with Gasteiger partial charge in [-0.3, -0.25) is 0 Å². The van der Waals surface area contributed by atoms with Crippen molar-refractivity contribution in [3.05, 3.63) is 29.8 Å². The Kier molecular flexibility index (Phi) is 6.36. The molecule has 0 bridgehead atoms. The molecule has 1 rings (SSSR count). The molecule has 19 heavy (non-hydrogen) atoms. The minimum Gasteiger partial charge on any atom is -0.372 e. The van der Waals surface area contributed by atoms with Gasteiger partial charge >= 0.3 is 0 Å². The van der Waals surface area contributed by atoms with Gasteiger partial charge in [0.25, 0.3) is 0 Å². The van der Waals surface area contributed by atoms with Gasteiger partial charge in [0.05, 0.1) is 0 Å². The molecule has 0 heterocycles. The van der Waals surface area contributed by atoms with E-state index in [9.17, 15) is 0 Å². The van der Waals surface area contributed by atoms with Crippen LogP contribution in [0.3, 0.4) is 0 Å². The third kappa shape index (κ3) is 4.54. The summed E-state index contributed by atoms with van der Waals surface area (Å²) in [5.74, 6) is 0. The lowest BCUT2D eigenvalue weighted by Gasteiger charge is -2.28. The van der Waals surface area contributed by atoms with E-state index in [1.165, 1.54) is 24.1 Å². The first-order valence-electron chi connectivity index (χ1n) is 7.67. The molecule has 2 heteroatoms. The Morgan fingerprint density at radius 1 is 0.947 bits per heavy atom. The van der Waals surface area contributed by atoms with Crippen molar-refractivity contribution in [1.29, 1.82) is 0 Å². The molecule has 0 saturated carbocycles. The van der Waals surface area contributed by atoms with E-state index in [1.807, 2.05) is 0 Å². The quantitative estimate of drug-likeness (QED) is 0.755. The van der Waals surface area contributed by atoms with Crippen LogP contribution >= 0.6 is 0 Å². The van der Waals surface area contributed by atoms with Gasteiger partial charge in [-0.25, -0.2) is 0 Å². The van der Waals surface area contributed by atoms with E-state index in [-0.39, 0.29) is 5.54 Å². The Labute approximate surface area is 119 Å². The lowest BCUT2D eigenvalue weighted by atomic mass is 9.95. The summed E-state index contributed by atoms with van der Waals surface area (Å²) in [4.78, 5) is 2.37. The van der Waals surface area contributed by atoms with E-state index in [0.717, 1.165) is 19.6 Å². The van der Waals surface area contributed by atoms with Gasteiger partial charge in [-0.05, 0) is 51.3 Å². The van der Waals surface area contributed by atoms with Gasteiger partial charge in [0, 0.05) is 30.9 Å². The number of benzene rings is 1. The van der Waals surface area contributed by atoms with Crippen molar-refractivity contribution in [3.63, 3.8) is 0 Å². The van der Waals surface area contributed by atoms with Crippen LogP contribution < -0.4 is 10.2 Å². The third-order valence-corrected chi connectivity index (χ3v) is 4.34. The SMILES string of the molecule is CCN(CC)c1ccc(CNC(C)(CC)CC)cc1. The summed E-state index contributed by atoms with van der Waals surface area (Å²) < 4.78 is 0. The summed E-state index contributed by atoms with van der Waals surface area (Å²) in [7, 11) is 0. The largest absolute Gasteiger partial charge is 0.372 e. The van der Waals surface area contributed by atoms with E-state index in [2.05, 4.69) is 69.1 Å². The molecule has 2 nitrogen and oxygen atoms in total. The molecule has 0 radical (unpaired) electrons. The van der Waals surface area contributed by atoms with E-state index >= 15 is 0 Å². The van der Waals surface area contributed by atoms with Crippen LogP contribution in [-0.2, 0) is 6.54 Å². The summed E-state index contributed by atoms with van der Waals surface area (Å²) in [6.07, 6.45) is 2.34. The molecule has 0 fully saturated rings. The van der Waals surface area contributed by atoms with Crippen LogP contribution in [0.1, 0.15) is 53.0 Å². The van der Waals surface area contributed by atoms with Gasteiger partial charge in [0.2, 0.25) is 0 Å². The van der Waals surface area contributed by atoms with Gasteiger partial charge in [-0.15, -0.1) is 0 Å². The van der Waals surface area contributed by atoms with Gasteiger partial charge < -0.3 is 10.2 Å². The van der Waals surface area contributed by atoms with Crippen LogP contribution in [-0.4, -0.2) is 18.6 Å². The Hall–Kier alpha value is -1.02. The second kappa shape index (κ2) is 7.54. The Bertz CT molecular complexity index is 348. The van der Waals surface area contributed by atoms with Crippen molar-refractivity contribution < 1.29 is 0 Å². The van der Waals surface area contributed by atoms with Crippen LogP contribution in [0.4, 0.5) is 5.69 Å². The molecule has 1 N–H and O–H groups in total. The fraction of sp³-hybridized carbons (Fsp3) is 0.647. The minimum absolute atomic E-state index is 0.261. The average Bonchev–Trinajstić information content (AvgIpc) is 2.47. The molecule has 0 aromatic heterocycles. The van der Waals surface area contributed by atoms with Crippen molar-refractivity contribution in [1.82, 2.24) is 5.32 Å². The summed E-state index contributed by atoms with van der Waals surface area (Å²) >= 11 is 0. The monoisotopic (exact) mass is 262 g/mol. The van der Waals surface area contributed by atoms with Gasteiger partial charge in [-0.1, -0.05) is 26.0 Å². The van der Waals surface area contributed by atoms with Gasteiger partial charge in [-0.2, -0.15) is 0 Å². The maximum absolute atomic E-state index is 3.67. The summed E-state index contributed by atoms with van der Waals surface area (Å²) in [6.45, 7) is 14.3. The molecule has 0 atom stereocenters. The van der Waals surface area contributed by atoms with Crippen molar-refractivity contribution >= 4 is 5.69 Å². The fourth-order valence-corrected chi connectivity index (χ4v) is 2.23. The van der Waals surface area contributed by atoms with Crippen LogP contribution in [0.5, 0.6) is 0 Å². The Morgan fingerprint density at radius 2 is 1.47 bits per heavy atom. The zero-order chi connectivity index (χ0) is 14.3. The standard InChI is InChI=1S/C17H30N2/c1-6-17(5,7-2)18-14-15-10-12-16(13-11-15)19(8-3)9-4/h10-13,18H,6-9,14H2,1-5H3. The number of nitrogens with one attached hydrogen (secondary N) is 1. The van der Waals surface area contributed by atoms with Gasteiger partial charge in [0.1, 0.15) is 0 Å². The molecule has 0 amide bonds. The summed E-state index contributed by atoms with van der Waals surface area (Å²) in [5, 5.41) is 3.67. The topological polar surface area (TPSA) is 15.3 Å². The highest BCUT2D eigenvalue weighted by molar-refractivity contribution is 5.47. The summed E-state index contributed by atoms with van der Waals surface area (Å²) in [5.41, 5.74) is 2.95. The molecule has 1 aromatic carbocycles. The Balaban J connectivity index is 2.62. The minimum atomic E-state index is 0.261. The molecular weight excluding hydrogens is 232 g/mol. The van der Waals surface area contributed by atoms with Crippen LogP contribution in [0.25, 0.3) is 0 Å². The number of rotatable bonds is 8. The maximum atomic E-state index is 3.67. The number of hydrogen-bond acceptors (Lipinski definition) is 2. The first-order valence-corrected chi connectivity index (χ1v) is 7.67. The predicted molar refractivity (Wildman–Crippen MR) is 85.8 cm³/mol. The van der Waals surface area contributed by atoms with E-state index in [1.54, 1.807) is 0 Å². The highest BCUT2D eigenvalue weighted by Crippen LogP contribution is 2.17. The molecule has 0 saturated heterocycles. The zero-order valence-corrected chi connectivity index (χ0v) is 13.3. The predicted octanol–water partition coefficient (Wildman–Crippen LogP) is 4.20. The first kappa shape index (κ1) is 16.0. The van der Waals surface area contributed by atoms with Crippen LogP contribution in [0, 0.1) is 0 Å². The highest BCUT2D eigenvalue weighted by Gasteiger charge is 2.17. The molecule has 0 aliphatic rings. The van der Waals surface area contributed by atoms with Crippen molar-refractivity contribution in [2.75, 3.05) is 18.0 Å². The average molecular weight is 262 g/mol. The molecule has 0 unspecified atom stereocenters. The number of anilines is 1. The molecule has 108 valence electrons. The number of nitrogens with zero attached hydrogens (tertiary/aromatic N) is 1. The van der Waals surface area contributed by atoms with Crippen molar-refractivity contribution in [2.24, 2.45) is 0 Å². The molecule has 1 aromatic rings. The van der Waals surface area contributed by atoms with Gasteiger partial charge in [0.15, 0.2) is 0 Å². The normalized spacial score (nSPS) is 11.6. The smallest absolute Gasteiger partial charge is 0.0366 e. The lowest BCUT2D eigenvalue weighted by molar-refractivity contribution is 0.329. The summed E-state index contributed by atoms with van der Waals surface area (Å²) in [6, 6.07) is 8.96. The molecular formula is C17H30N2. The first-order chi connectivity index (χ1) is 9.08. The molecule has 0 aliphatic carbocycles. The molecule has 0 aliphatic heterocycles. The number of hydrogen-bond donors (Lipinski definition) is 1. The second-order valence-electron chi connectivity index (χ2n) is 5.46.